The summed E-state index contributed by atoms with van der Waals surface area (Å²) in [6.45, 7) is 4.36. The first-order chi connectivity index (χ1) is 6.63. The van der Waals surface area contributed by atoms with Gasteiger partial charge in [-0.25, -0.2) is 4.68 Å². The van der Waals surface area contributed by atoms with E-state index in [0.29, 0.717) is 11.3 Å². The van der Waals surface area contributed by atoms with Crippen LogP contribution in [-0.2, 0) is 7.05 Å². The van der Waals surface area contributed by atoms with Gasteiger partial charge in [-0.15, -0.1) is 5.10 Å². The van der Waals surface area contributed by atoms with Gasteiger partial charge >= 0.3 is 0 Å². The van der Waals surface area contributed by atoms with Gasteiger partial charge < -0.3 is 5.32 Å². The summed E-state index contributed by atoms with van der Waals surface area (Å²) in [5.74, 6) is 0. The van der Waals surface area contributed by atoms with E-state index >= 15 is 0 Å². The molecule has 0 aromatic carbocycles. The van der Waals surface area contributed by atoms with E-state index in [1.807, 2.05) is 14.1 Å². The van der Waals surface area contributed by atoms with Crippen LogP contribution in [0.25, 0.3) is 0 Å². The number of nitrogens with zero attached hydrogens (tertiary/aromatic N) is 4. The molecule has 6 heteroatoms. The number of rotatable bonds is 5. The second kappa shape index (κ2) is 5.31. The van der Waals surface area contributed by atoms with Crippen molar-refractivity contribution in [3.8, 4) is 0 Å². The average molecular weight is 215 g/mol. The van der Waals surface area contributed by atoms with Crippen LogP contribution in [0.1, 0.15) is 20.3 Å². The lowest BCUT2D eigenvalue weighted by atomic mass is 10.2. The molecular formula is C8H17N5S. The number of tetrazole rings is 1. The summed E-state index contributed by atoms with van der Waals surface area (Å²) in [7, 11) is 3.84. The minimum absolute atomic E-state index is 0.516. The molecule has 1 rings (SSSR count). The number of hydrogen-bond acceptors (Lipinski definition) is 5. The zero-order chi connectivity index (χ0) is 10.6. The number of aromatic nitrogens is 4. The fourth-order valence-corrected chi connectivity index (χ4v) is 2.18. The molecule has 0 fully saturated rings. The van der Waals surface area contributed by atoms with Crippen LogP contribution in [0.4, 0.5) is 0 Å². The lowest BCUT2D eigenvalue weighted by molar-refractivity contribution is 0.562. The first-order valence-electron chi connectivity index (χ1n) is 4.69. The van der Waals surface area contributed by atoms with E-state index in [1.165, 1.54) is 0 Å². The molecule has 1 heterocycles. The highest BCUT2D eigenvalue weighted by molar-refractivity contribution is 7.99. The zero-order valence-electron chi connectivity index (χ0n) is 9.06. The van der Waals surface area contributed by atoms with Gasteiger partial charge in [0, 0.05) is 18.3 Å². The van der Waals surface area contributed by atoms with E-state index in [-0.39, 0.29) is 0 Å². The molecule has 0 aliphatic carbocycles. The van der Waals surface area contributed by atoms with Crippen LogP contribution in [0, 0.1) is 0 Å². The molecule has 80 valence electrons. The molecule has 0 saturated carbocycles. The van der Waals surface area contributed by atoms with Crippen molar-refractivity contribution in [2.45, 2.75) is 36.7 Å². The molecule has 0 amide bonds. The number of nitrogens with one attached hydrogen (secondary N) is 1. The average Bonchev–Trinajstić information content (AvgIpc) is 2.51. The Morgan fingerprint density at radius 3 is 2.71 bits per heavy atom. The molecule has 2 unspecified atom stereocenters. The summed E-state index contributed by atoms with van der Waals surface area (Å²) >= 11 is 1.71. The van der Waals surface area contributed by atoms with Gasteiger partial charge in [-0.2, -0.15) is 0 Å². The first kappa shape index (κ1) is 11.5. The van der Waals surface area contributed by atoms with Gasteiger partial charge in [0.25, 0.3) is 0 Å². The van der Waals surface area contributed by atoms with Crippen molar-refractivity contribution in [1.29, 1.82) is 0 Å². The molecule has 2 atom stereocenters. The van der Waals surface area contributed by atoms with Crippen LogP contribution < -0.4 is 5.32 Å². The largest absolute Gasteiger partial charge is 0.317 e. The van der Waals surface area contributed by atoms with Crippen LogP contribution in [0.3, 0.4) is 0 Å². The van der Waals surface area contributed by atoms with Crippen LogP contribution >= 0.6 is 11.8 Å². The Morgan fingerprint density at radius 2 is 2.21 bits per heavy atom. The van der Waals surface area contributed by atoms with E-state index in [9.17, 15) is 0 Å². The molecule has 0 spiro atoms. The Labute approximate surface area is 88.6 Å². The van der Waals surface area contributed by atoms with E-state index in [0.717, 1.165) is 11.6 Å². The fraction of sp³-hybridized carbons (Fsp3) is 0.875. The third kappa shape index (κ3) is 3.26. The third-order valence-corrected chi connectivity index (χ3v) is 3.22. The molecule has 1 aromatic rings. The van der Waals surface area contributed by atoms with Crippen LogP contribution in [-0.4, -0.2) is 38.5 Å². The minimum atomic E-state index is 0.516. The number of aryl methyl sites for hydroxylation is 1. The van der Waals surface area contributed by atoms with Crippen LogP contribution in [0.5, 0.6) is 0 Å². The van der Waals surface area contributed by atoms with Gasteiger partial charge in [-0.1, -0.05) is 18.7 Å². The van der Waals surface area contributed by atoms with Gasteiger partial charge in [0.2, 0.25) is 5.16 Å². The molecule has 0 bridgehead atoms. The van der Waals surface area contributed by atoms with Crippen molar-refractivity contribution >= 4 is 11.8 Å². The van der Waals surface area contributed by atoms with Gasteiger partial charge in [-0.3, -0.25) is 0 Å². The number of thioether (sulfide) groups is 1. The van der Waals surface area contributed by atoms with Gasteiger partial charge in [0.1, 0.15) is 0 Å². The van der Waals surface area contributed by atoms with Crippen molar-refractivity contribution in [1.82, 2.24) is 25.5 Å². The number of hydrogen-bond donors (Lipinski definition) is 1. The predicted molar refractivity (Wildman–Crippen MR) is 57.3 cm³/mol. The summed E-state index contributed by atoms with van der Waals surface area (Å²) in [4.78, 5) is 0. The molecule has 0 aliphatic heterocycles. The van der Waals surface area contributed by atoms with E-state index < -0.39 is 0 Å². The van der Waals surface area contributed by atoms with Crippen molar-refractivity contribution < 1.29 is 0 Å². The van der Waals surface area contributed by atoms with E-state index in [2.05, 4.69) is 34.7 Å². The fourth-order valence-electron chi connectivity index (χ4n) is 1.16. The lowest BCUT2D eigenvalue weighted by Crippen LogP contribution is -2.24. The third-order valence-electron chi connectivity index (χ3n) is 2.07. The minimum Gasteiger partial charge on any atom is -0.317 e. The highest BCUT2D eigenvalue weighted by Crippen LogP contribution is 2.22. The predicted octanol–water partition coefficient (Wildman–Crippen LogP) is 0.689. The smallest absolute Gasteiger partial charge is 0.209 e. The SMILES string of the molecule is CNC(C)CC(C)Sc1nnnn1C. The molecule has 1 aromatic heterocycles. The van der Waals surface area contributed by atoms with Crippen molar-refractivity contribution in [3.05, 3.63) is 0 Å². The van der Waals surface area contributed by atoms with Gasteiger partial charge in [0.15, 0.2) is 0 Å². The monoisotopic (exact) mass is 215 g/mol. The van der Waals surface area contributed by atoms with E-state index in [4.69, 9.17) is 0 Å². The summed E-state index contributed by atoms with van der Waals surface area (Å²) in [5, 5.41) is 15.9. The summed E-state index contributed by atoms with van der Waals surface area (Å²) in [6.07, 6.45) is 1.11. The second-order valence-corrected chi connectivity index (χ2v) is 4.84. The molecule has 0 saturated heterocycles. The topological polar surface area (TPSA) is 55.6 Å². The van der Waals surface area contributed by atoms with Crippen LogP contribution in [0.15, 0.2) is 5.16 Å². The summed E-state index contributed by atoms with van der Waals surface area (Å²) in [6, 6.07) is 0.527. The van der Waals surface area contributed by atoms with Crippen molar-refractivity contribution in [2.75, 3.05) is 7.05 Å². The molecule has 1 N–H and O–H groups in total. The Balaban J connectivity index is 2.41. The molecule has 14 heavy (non-hydrogen) atoms. The zero-order valence-corrected chi connectivity index (χ0v) is 9.88. The standard InChI is InChI=1S/C8H17N5S/c1-6(9-3)5-7(2)14-8-10-11-12-13(8)4/h6-7,9H,5H2,1-4H3. The molecule has 0 radical (unpaired) electrons. The Bertz CT molecular complexity index is 274. The Hall–Kier alpha value is -0.620. The Morgan fingerprint density at radius 1 is 1.50 bits per heavy atom. The molecular weight excluding hydrogens is 198 g/mol. The lowest BCUT2D eigenvalue weighted by Gasteiger charge is -2.14. The maximum Gasteiger partial charge on any atom is 0.209 e. The summed E-state index contributed by atoms with van der Waals surface area (Å²) < 4.78 is 1.70. The van der Waals surface area contributed by atoms with Crippen molar-refractivity contribution in [2.24, 2.45) is 7.05 Å². The normalized spacial score (nSPS) is 15.4. The quantitative estimate of drug-likeness (QED) is 0.732. The van der Waals surface area contributed by atoms with E-state index in [1.54, 1.807) is 16.4 Å². The van der Waals surface area contributed by atoms with Gasteiger partial charge in [0.05, 0.1) is 0 Å². The highest BCUT2D eigenvalue weighted by atomic mass is 32.2. The van der Waals surface area contributed by atoms with Gasteiger partial charge in [-0.05, 0) is 30.8 Å². The van der Waals surface area contributed by atoms with Crippen LogP contribution in [0.2, 0.25) is 0 Å². The molecule has 0 aliphatic rings. The maximum atomic E-state index is 3.93. The molecule has 5 nitrogen and oxygen atoms in total. The summed E-state index contributed by atoms with van der Waals surface area (Å²) in [5.41, 5.74) is 0. The second-order valence-electron chi connectivity index (χ2n) is 3.44. The highest BCUT2D eigenvalue weighted by Gasteiger charge is 2.12. The van der Waals surface area contributed by atoms with Crippen molar-refractivity contribution in [3.63, 3.8) is 0 Å². The maximum absolute atomic E-state index is 3.93. The Kier molecular flexibility index (Phi) is 4.34. The first-order valence-corrected chi connectivity index (χ1v) is 5.57.